The van der Waals surface area contributed by atoms with E-state index in [4.69, 9.17) is 5.14 Å². The molecule has 0 saturated heterocycles. The summed E-state index contributed by atoms with van der Waals surface area (Å²) in [5.41, 5.74) is 1.65. The van der Waals surface area contributed by atoms with E-state index in [1.165, 1.54) is 30.3 Å². The Balaban J connectivity index is 1.70. The van der Waals surface area contributed by atoms with Crippen LogP contribution in [0.2, 0.25) is 0 Å². The first-order valence-corrected chi connectivity index (χ1v) is 9.00. The van der Waals surface area contributed by atoms with E-state index in [1.54, 1.807) is 13.0 Å². The summed E-state index contributed by atoms with van der Waals surface area (Å²) in [4.78, 5) is 12.3. The van der Waals surface area contributed by atoms with E-state index in [1.807, 2.05) is 6.07 Å². The molecular formula is C17H17FN2O3S. The van der Waals surface area contributed by atoms with Crippen LogP contribution < -0.4 is 10.5 Å². The molecule has 24 heavy (non-hydrogen) atoms. The van der Waals surface area contributed by atoms with Gasteiger partial charge in [0.25, 0.3) is 5.91 Å². The monoisotopic (exact) mass is 348 g/mol. The standard InChI is InChI=1S/C17H17FN2O3S/c1-10-7-12(5-6-16(10)24(19,22)23)17(21)20-15-9-14(15)11-3-2-4-13(18)8-11/h2-8,14-15H,9H2,1H3,(H,20,21)(H2,19,22,23)/t14-,15-/m0/s1. The Hall–Kier alpha value is -2.25. The van der Waals surface area contributed by atoms with Gasteiger partial charge in [-0.3, -0.25) is 4.79 Å². The zero-order chi connectivity index (χ0) is 17.5. The Bertz CT molecular complexity index is 912. The third-order valence-electron chi connectivity index (χ3n) is 4.13. The van der Waals surface area contributed by atoms with Crippen LogP contribution in [0.4, 0.5) is 4.39 Å². The third-order valence-corrected chi connectivity index (χ3v) is 5.20. The molecule has 0 spiro atoms. The Kier molecular flexibility index (Phi) is 4.15. The maximum atomic E-state index is 13.2. The third kappa shape index (κ3) is 3.47. The maximum absolute atomic E-state index is 13.2. The lowest BCUT2D eigenvalue weighted by Gasteiger charge is -2.08. The number of primary sulfonamides is 1. The molecule has 1 fully saturated rings. The lowest BCUT2D eigenvalue weighted by Crippen LogP contribution is -2.27. The summed E-state index contributed by atoms with van der Waals surface area (Å²) < 4.78 is 36.0. The number of halogens is 1. The average Bonchev–Trinajstić information content (AvgIpc) is 3.25. The number of nitrogens with two attached hydrogens (primary N) is 1. The Morgan fingerprint density at radius 1 is 1.25 bits per heavy atom. The number of rotatable bonds is 4. The van der Waals surface area contributed by atoms with E-state index in [9.17, 15) is 17.6 Å². The van der Waals surface area contributed by atoms with Crippen LogP contribution in [0.3, 0.4) is 0 Å². The van der Waals surface area contributed by atoms with E-state index in [0.717, 1.165) is 12.0 Å². The molecule has 2 aromatic rings. The summed E-state index contributed by atoms with van der Waals surface area (Å²) in [6, 6.07) is 10.6. The molecule has 1 aliphatic rings. The van der Waals surface area contributed by atoms with Gasteiger partial charge in [-0.25, -0.2) is 17.9 Å². The summed E-state index contributed by atoms with van der Waals surface area (Å²) in [5.74, 6) is -0.476. The van der Waals surface area contributed by atoms with E-state index >= 15 is 0 Å². The van der Waals surface area contributed by atoms with Crippen molar-refractivity contribution < 1.29 is 17.6 Å². The molecule has 0 bridgehead atoms. The lowest BCUT2D eigenvalue weighted by molar-refractivity contribution is 0.0950. The molecule has 3 N–H and O–H groups in total. The number of benzene rings is 2. The number of nitrogens with one attached hydrogen (secondary N) is 1. The van der Waals surface area contributed by atoms with Crippen molar-refractivity contribution in [3.05, 3.63) is 65.0 Å². The summed E-state index contributed by atoms with van der Waals surface area (Å²) in [5, 5.41) is 7.99. The van der Waals surface area contributed by atoms with Crippen LogP contribution in [0.5, 0.6) is 0 Å². The Labute approximate surface area is 139 Å². The summed E-state index contributed by atoms with van der Waals surface area (Å²) in [6.45, 7) is 1.59. The predicted octanol–water partition coefficient (Wildman–Crippen LogP) is 2.07. The molecule has 2 aromatic carbocycles. The first kappa shape index (κ1) is 16.6. The number of carbonyl (C=O) groups is 1. The van der Waals surface area contributed by atoms with Crippen LogP contribution >= 0.6 is 0 Å². The van der Waals surface area contributed by atoms with Gasteiger partial charge in [0.1, 0.15) is 5.82 Å². The highest BCUT2D eigenvalue weighted by molar-refractivity contribution is 7.89. The Morgan fingerprint density at radius 3 is 2.62 bits per heavy atom. The zero-order valence-corrected chi connectivity index (χ0v) is 13.8. The fourth-order valence-electron chi connectivity index (χ4n) is 2.82. The van der Waals surface area contributed by atoms with Gasteiger partial charge in [-0.1, -0.05) is 12.1 Å². The van der Waals surface area contributed by atoms with Crippen molar-refractivity contribution in [1.29, 1.82) is 0 Å². The van der Waals surface area contributed by atoms with Gasteiger partial charge >= 0.3 is 0 Å². The molecule has 1 aliphatic carbocycles. The van der Waals surface area contributed by atoms with Crippen molar-refractivity contribution in [3.63, 3.8) is 0 Å². The van der Waals surface area contributed by atoms with Gasteiger partial charge in [0, 0.05) is 17.5 Å². The minimum Gasteiger partial charge on any atom is -0.349 e. The highest BCUT2D eigenvalue weighted by atomic mass is 32.2. The van der Waals surface area contributed by atoms with Gasteiger partial charge in [-0.15, -0.1) is 0 Å². The highest BCUT2D eigenvalue weighted by Gasteiger charge is 2.39. The van der Waals surface area contributed by atoms with Gasteiger partial charge < -0.3 is 5.32 Å². The van der Waals surface area contributed by atoms with E-state index < -0.39 is 10.0 Å². The molecule has 0 aromatic heterocycles. The number of hydrogen-bond donors (Lipinski definition) is 2. The zero-order valence-electron chi connectivity index (χ0n) is 13.0. The molecule has 0 unspecified atom stereocenters. The second-order valence-corrected chi connectivity index (χ2v) is 7.53. The number of amides is 1. The number of sulfonamides is 1. The average molecular weight is 348 g/mol. The molecule has 0 radical (unpaired) electrons. The van der Waals surface area contributed by atoms with Crippen molar-refractivity contribution in [1.82, 2.24) is 5.32 Å². The molecule has 0 aliphatic heterocycles. The second-order valence-electron chi connectivity index (χ2n) is 6.00. The van der Waals surface area contributed by atoms with Crippen LogP contribution in [0.1, 0.15) is 33.8 Å². The predicted molar refractivity (Wildman–Crippen MR) is 87.6 cm³/mol. The SMILES string of the molecule is Cc1cc(C(=O)N[C@H]2C[C@H]2c2cccc(F)c2)ccc1S(N)(=O)=O. The minimum absolute atomic E-state index is 0.00288. The molecular weight excluding hydrogens is 331 g/mol. The van der Waals surface area contributed by atoms with Gasteiger partial charge in [0.05, 0.1) is 4.90 Å². The maximum Gasteiger partial charge on any atom is 0.251 e. The van der Waals surface area contributed by atoms with Gasteiger partial charge in [-0.2, -0.15) is 0 Å². The largest absolute Gasteiger partial charge is 0.349 e. The van der Waals surface area contributed by atoms with Gasteiger partial charge in [0.15, 0.2) is 0 Å². The van der Waals surface area contributed by atoms with Crippen LogP contribution in [0.15, 0.2) is 47.4 Å². The lowest BCUT2D eigenvalue weighted by atomic mass is 10.1. The fourth-order valence-corrected chi connectivity index (χ4v) is 3.59. The molecule has 1 saturated carbocycles. The summed E-state index contributed by atoms with van der Waals surface area (Å²) in [6.07, 6.45) is 0.753. The fraction of sp³-hybridized carbons (Fsp3) is 0.235. The smallest absolute Gasteiger partial charge is 0.251 e. The summed E-state index contributed by atoms with van der Waals surface area (Å²) in [7, 11) is -3.80. The number of aryl methyl sites for hydroxylation is 1. The van der Waals surface area contributed by atoms with E-state index in [0.29, 0.717) is 11.1 Å². The van der Waals surface area contributed by atoms with Gasteiger partial charge in [-0.05, 0) is 54.8 Å². The summed E-state index contributed by atoms with van der Waals surface area (Å²) >= 11 is 0. The van der Waals surface area contributed by atoms with Crippen molar-refractivity contribution in [3.8, 4) is 0 Å². The number of carbonyl (C=O) groups excluding carboxylic acids is 1. The minimum atomic E-state index is -3.80. The Morgan fingerprint density at radius 2 is 2.00 bits per heavy atom. The van der Waals surface area contributed by atoms with Crippen LogP contribution in [-0.2, 0) is 10.0 Å². The van der Waals surface area contributed by atoms with E-state index in [-0.39, 0.29) is 28.6 Å². The second kappa shape index (κ2) is 5.99. The van der Waals surface area contributed by atoms with Crippen LogP contribution in [0, 0.1) is 12.7 Å². The van der Waals surface area contributed by atoms with Crippen molar-refractivity contribution in [2.24, 2.45) is 5.14 Å². The van der Waals surface area contributed by atoms with Crippen LogP contribution in [0.25, 0.3) is 0 Å². The van der Waals surface area contributed by atoms with Crippen molar-refractivity contribution in [2.45, 2.75) is 30.2 Å². The van der Waals surface area contributed by atoms with E-state index in [2.05, 4.69) is 5.32 Å². The topological polar surface area (TPSA) is 89.3 Å². The molecule has 0 heterocycles. The van der Waals surface area contributed by atoms with Crippen LogP contribution in [-0.4, -0.2) is 20.4 Å². The molecule has 1 amide bonds. The quantitative estimate of drug-likeness (QED) is 0.886. The van der Waals surface area contributed by atoms with Crippen molar-refractivity contribution in [2.75, 3.05) is 0 Å². The first-order valence-electron chi connectivity index (χ1n) is 7.45. The van der Waals surface area contributed by atoms with Crippen molar-refractivity contribution >= 4 is 15.9 Å². The van der Waals surface area contributed by atoms with Gasteiger partial charge in [0.2, 0.25) is 10.0 Å². The first-order chi connectivity index (χ1) is 11.3. The molecule has 3 rings (SSSR count). The molecule has 126 valence electrons. The molecule has 7 heteroatoms. The number of hydrogen-bond acceptors (Lipinski definition) is 3. The normalized spacial score (nSPS) is 19.8. The highest BCUT2D eigenvalue weighted by Crippen LogP contribution is 2.41. The molecule has 5 nitrogen and oxygen atoms in total. The molecule has 2 atom stereocenters.